The molecular weight excluding hydrogens is 227 g/mol. The van der Waals surface area contributed by atoms with E-state index in [1.165, 1.54) is 25.7 Å². The van der Waals surface area contributed by atoms with Crippen LogP contribution in [0.4, 0.5) is 10.1 Å². The molecule has 1 aliphatic heterocycles. The highest BCUT2D eigenvalue weighted by molar-refractivity contribution is 5.59. The van der Waals surface area contributed by atoms with Crippen LogP contribution in [0.25, 0.3) is 0 Å². The van der Waals surface area contributed by atoms with Gasteiger partial charge in [0.2, 0.25) is 0 Å². The topological polar surface area (TPSA) is 29.3 Å². The Balaban J connectivity index is 2.07. The molecule has 2 aliphatic rings. The maximum absolute atomic E-state index is 14.1. The van der Waals surface area contributed by atoms with E-state index < -0.39 is 0 Å². The molecule has 3 heteroatoms. The zero-order valence-corrected chi connectivity index (χ0v) is 10.9. The highest BCUT2D eigenvalue weighted by Gasteiger charge is 2.39. The number of anilines is 1. The second kappa shape index (κ2) is 4.54. The van der Waals surface area contributed by atoms with Crippen molar-refractivity contribution in [3.8, 4) is 0 Å². The van der Waals surface area contributed by atoms with Gasteiger partial charge in [0.15, 0.2) is 0 Å². The first-order valence-electron chi connectivity index (χ1n) is 6.97. The van der Waals surface area contributed by atoms with Gasteiger partial charge in [-0.3, -0.25) is 0 Å². The van der Waals surface area contributed by atoms with Gasteiger partial charge in [-0.2, -0.15) is 0 Å². The molecule has 98 valence electrons. The van der Waals surface area contributed by atoms with Gasteiger partial charge in [-0.1, -0.05) is 31.4 Å². The Morgan fingerprint density at radius 1 is 1.22 bits per heavy atom. The first kappa shape index (κ1) is 12.0. The molecule has 0 aromatic heterocycles. The van der Waals surface area contributed by atoms with E-state index in [0.29, 0.717) is 12.0 Å². The van der Waals surface area contributed by atoms with E-state index in [1.54, 1.807) is 12.1 Å². The van der Waals surface area contributed by atoms with Crippen LogP contribution < -0.4 is 10.6 Å². The Bertz CT molecular complexity index is 446. The van der Waals surface area contributed by atoms with Crippen molar-refractivity contribution in [2.75, 3.05) is 11.9 Å². The Morgan fingerprint density at radius 2 is 2.00 bits per heavy atom. The van der Waals surface area contributed by atoms with E-state index in [4.69, 9.17) is 5.73 Å². The van der Waals surface area contributed by atoms with Gasteiger partial charge in [0.25, 0.3) is 0 Å². The highest BCUT2D eigenvalue weighted by Crippen LogP contribution is 2.44. The fraction of sp³-hybridized carbons (Fsp3) is 0.600. The fourth-order valence-electron chi connectivity index (χ4n) is 3.79. The van der Waals surface area contributed by atoms with Crippen LogP contribution in [-0.4, -0.2) is 13.1 Å². The minimum Gasteiger partial charge on any atom is -0.369 e. The molecule has 1 heterocycles. The highest BCUT2D eigenvalue weighted by atomic mass is 19.1. The number of para-hydroxylation sites is 1. The molecule has 2 nitrogen and oxygen atoms in total. The second-order valence-corrected chi connectivity index (χ2v) is 5.68. The van der Waals surface area contributed by atoms with Crippen molar-refractivity contribution in [2.24, 2.45) is 11.7 Å². The van der Waals surface area contributed by atoms with E-state index in [0.717, 1.165) is 17.7 Å². The summed E-state index contributed by atoms with van der Waals surface area (Å²) < 4.78 is 14.1. The smallest absolute Gasteiger partial charge is 0.146 e. The number of hydrogen-bond donors (Lipinski definition) is 1. The molecule has 3 atom stereocenters. The zero-order chi connectivity index (χ0) is 12.7. The molecule has 18 heavy (non-hydrogen) atoms. The molecule has 1 aromatic carbocycles. The van der Waals surface area contributed by atoms with Gasteiger partial charge >= 0.3 is 0 Å². The molecule has 1 saturated carbocycles. The summed E-state index contributed by atoms with van der Waals surface area (Å²) in [6, 6.07) is 5.71. The summed E-state index contributed by atoms with van der Waals surface area (Å²) in [7, 11) is 2.02. The van der Waals surface area contributed by atoms with Gasteiger partial charge in [0.1, 0.15) is 5.82 Å². The fourth-order valence-corrected chi connectivity index (χ4v) is 3.79. The maximum atomic E-state index is 14.1. The summed E-state index contributed by atoms with van der Waals surface area (Å²) in [6.07, 6.45) is 6.09. The van der Waals surface area contributed by atoms with Crippen molar-refractivity contribution in [2.45, 2.75) is 44.2 Å². The average molecular weight is 248 g/mol. The first-order chi connectivity index (χ1) is 8.70. The summed E-state index contributed by atoms with van der Waals surface area (Å²) in [5, 5.41) is 0. The third-order valence-corrected chi connectivity index (χ3v) is 4.72. The molecule has 1 fully saturated rings. The number of benzene rings is 1. The normalized spacial score (nSPS) is 31.5. The third kappa shape index (κ3) is 1.72. The van der Waals surface area contributed by atoms with Crippen molar-refractivity contribution in [3.63, 3.8) is 0 Å². The zero-order valence-electron chi connectivity index (χ0n) is 10.9. The Morgan fingerprint density at radius 3 is 2.83 bits per heavy atom. The standard InChI is InChI=1S/C15H21FN2/c1-18-13-9-4-2-3-6-10(13)14(17)11-7-5-8-12(16)15(11)18/h5,7-8,10,13-14H,2-4,6,9,17H2,1H3. The Labute approximate surface area is 108 Å². The van der Waals surface area contributed by atoms with E-state index >= 15 is 0 Å². The van der Waals surface area contributed by atoms with Gasteiger partial charge in [-0.25, -0.2) is 4.39 Å². The first-order valence-corrected chi connectivity index (χ1v) is 6.97. The lowest BCUT2D eigenvalue weighted by molar-refractivity contribution is 0.307. The van der Waals surface area contributed by atoms with Crippen LogP contribution in [0, 0.1) is 11.7 Å². The van der Waals surface area contributed by atoms with Crippen LogP contribution in [0.1, 0.15) is 43.7 Å². The SMILES string of the molecule is CN1c2c(F)cccc2C(N)C2CCCCCC21. The number of halogens is 1. The molecule has 0 saturated heterocycles. The van der Waals surface area contributed by atoms with E-state index in [-0.39, 0.29) is 11.9 Å². The lowest BCUT2D eigenvalue weighted by Gasteiger charge is -2.44. The van der Waals surface area contributed by atoms with Gasteiger partial charge in [-0.15, -0.1) is 0 Å². The number of nitrogens with two attached hydrogens (primary N) is 1. The average Bonchev–Trinajstić information content (AvgIpc) is 2.61. The Hall–Kier alpha value is -1.09. The third-order valence-electron chi connectivity index (χ3n) is 4.72. The van der Waals surface area contributed by atoms with Gasteiger partial charge in [-0.05, 0) is 30.4 Å². The van der Waals surface area contributed by atoms with Gasteiger partial charge in [0.05, 0.1) is 5.69 Å². The molecule has 0 radical (unpaired) electrons. The van der Waals surface area contributed by atoms with Crippen LogP contribution >= 0.6 is 0 Å². The molecule has 3 unspecified atom stereocenters. The predicted molar refractivity (Wildman–Crippen MR) is 72.1 cm³/mol. The lowest BCUT2D eigenvalue weighted by atomic mass is 9.79. The monoisotopic (exact) mass is 248 g/mol. The van der Waals surface area contributed by atoms with E-state index in [9.17, 15) is 4.39 Å². The van der Waals surface area contributed by atoms with Crippen molar-refractivity contribution in [3.05, 3.63) is 29.6 Å². The van der Waals surface area contributed by atoms with Crippen LogP contribution in [0.2, 0.25) is 0 Å². The summed E-state index contributed by atoms with van der Waals surface area (Å²) in [5.74, 6) is 0.347. The van der Waals surface area contributed by atoms with Crippen molar-refractivity contribution < 1.29 is 4.39 Å². The summed E-state index contributed by atoms with van der Waals surface area (Å²) in [4.78, 5) is 2.14. The molecule has 2 N–H and O–H groups in total. The largest absolute Gasteiger partial charge is 0.369 e. The van der Waals surface area contributed by atoms with Crippen LogP contribution in [0.15, 0.2) is 18.2 Å². The quantitative estimate of drug-likeness (QED) is 0.764. The summed E-state index contributed by atoms with van der Waals surface area (Å²) >= 11 is 0. The van der Waals surface area contributed by atoms with Crippen LogP contribution in [-0.2, 0) is 0 Å². The molecule has 0 amide bonds. The summed E-state index contributed by atoms with van der Waals surface area (Å²) in [6.45, 7) is 0. The molecular formula is C15H21FN2. The van der Waals surface area contributed by atoms with E-state index in [1.807, 2.05) is 13.1 Å². The number of nitrogens with zero attached hydrogens (tertiary/aromatic N) is 1. The van der Waals surface area contributed by atoms with Gasteiger partial charge in [0, 0.05) is 19.1 Å². The number of fused-ring (bicyclic) bond motifs is 2. The minimum absolute atomic E-state index is 0.00463. The Kier molecular flexibility index (Phi) is 3.02. The van der Waals surface area contributed by atoms with E-state index in [2.05, 4.69) is 4.90 Å². The summed E-state index contributed by atoms with van der Waals surface area (Å²) in [5.41, 5.74) is 8.12. The second-order valence-electron chi connectivity index (χ2n) is 5.68. The van der Waals surface area contributed by atoms with Crippen molar-refractivity contribution in [1.29, 1.82) is 0 Å². The number of hydrogen-bond acceptors (Lipinski definition) is 2. The molecule has 3 rings (SSSR count). The van der Waals surface area contributed by atoms with Crippen LogP contribution in [0.3, 0.4) is 0 Å². The minimum atomic E-state index is -0.131. The molecule has 0 bridgehead atoms. The molecule has 1 aromatic rings. The predicted octanol–water partition coefficient (Wildman–Crippen LogP) is 3.22. The van der Waals surface area contributed by atoms with Gasteiger partial charge < -0.3 is 10.6 Å². The lowest BCUT2D eigenvalue weighted by Crippen LogP contribution is -2.47. The van der Waals surface area contributed by atoms with Crippen molar-refractivity contribution in [1.82, 2.24) is 0 Å². The molecule has 1 aliphatic carbocycles. The van der Waals surface area contributed by atoms with Crippen molar-refractivity contribution >= 4 is 5.69 Å². The molecule has 0 spiro atoms. The number of rotatable bonds is 0. The van der Waals surface area contributed by atoms with Crippen LogP contribution in [0.5, 0.6) is 0 Å². The maximum Gasteiger partial charge on any atom is 0.146 e.